The fourth-order valence-electron chi connectivity index (χ4n) is 1.39. The van der Waals surface area contributed by atoms with Gasteiger partial charge in [-0.15, -0.1) is 0 Å². The van der Waals surface area contributed by atoms with E-state index in [0.717, 1.165) is 25.7 Å². The molecule has 4 heteroatoms. The Morgan fingerprint density at radius 3 is 1.78 bits per heavy atom. The number of carbonyl (C=O) groups is 2. The maximum Gasteiger partial charge on any atom is 0.253 e. The number of hydrogen-bond donors (Lipinski definition) is 1. The molecule has 106 valence electrons. The van der Waals surface area contributed by atoms with Crippen LogP contribution in [-0.4, -0.2) is 35.0 Å². The van der Waals surface area contributed by atoms with Crippen LogP contribution in [0, 0.1) is 0 Å². The zero-order valence-corrected chi connectivity index (χ0v) is 12.1. The number of aliphatic hydroxyl groups excluding tert-OH is 1. The highest BCUT2D eigenvalue weighted by molar-refractivity contribution is 6.12. The minimum atomic E-state index is -0.211. The van der Waals surface area contributed by atoms with Gasteiger partial charge in [0.15, 0.2) is 0 Å². The zero-order chi connectivity index (χ0) is 14.4. The molecule has 1 heterocycles. The second-order valence-electron chi connectivity index (χ2n) is 3.30. The van der Waals surface area contributed by atoms with E-state index in [-0.39, 0.29) is 18.4 Å². The van der Waals surface area contributed by atoms with Crippen LogP contribution in [0.5, 0.6) is 0 Å². The first kappa shape index (κ1) is 19.2. The summed E-state index contributed by atoms with van der Waals surface area (Å²) in [6.45, 7) is 8.71. The average molecular weight is 257 g/mol. The van der Waals surface area contributed by atoms with E-state index >= 15 is 0 Å². The molecule has 0 unspecified atom stereocenters. The number of carbonyl (C=O) groups excluding carboxylic acids is 2. The van der Waals surface area contributed by atoms with E-state index in [1.165, 1.54) is 17.1 Å². The van der Waals surface area contributed by atoms with Crippen molar-refractivity contribution in [2.24, 2.45) is 0 Å². The summed E-state index contributed by atoms with van der Waals surface area (Å²) in [6.07, 6.45) is 6.10. The lowest BCUT2D eigenvalue weighted by Crippen LogP contribution is -2.30. The van der Waals surface area contributed by atoms with Crippen LogP contribution in [0.15, 0.2) is 12.2 Å². The van der Waals surface area contributed by atoms with Crippen molar-refractivity contribution >= 4 is 11.8 Å². The number of aliphatic hydroxyl groups is 1. The number of imide groups is 1. The van der Waals surface area contributed by atoms with Gasteiger partial charge >= 0.3 is 0 Å². The van der Waals surface area contributed by atoms with Crippen molar-refractivity contribution in [3.05, 3.63) is 12.2 Å². The summed E-state index contributed by atoms with van der Waals surface area (Å²) in [4.78, 5) is 23.4. The standard InChI is InChI=1S/C10H15NO3.2C2H6/c12-8-4-2-1-3-7-11-9(13)5-6-10(11)14;2*1-2/h5-6,12H,1-4,7-8H2;2*1-2H3. The fraction of sp³-hybridized carbons (Fsp3) is 0.714. The Morgan fingerprint density at radius 1 is 0.889 bits per heavy atom. The van der Waals surface area contributed by atoms with Crippen LogP contribution in [0.4, 0.5) is 0 Å². The van der Waals surface area contributed by atoms with E-state index in [9.17, 15) is 9.59 Å². The molecule has 0 bridgehead atoms. The maximum absolute atomic E-state index is 11.1. The minimum Gasteiger partial charge on any atom is -0.396 e. The van der Waals surface area contributed by atoms with Gasteiger partial charge in [-0.05, 0) is 12.8 Å². The third-order valence-corrected chi connectivity index (χ3v) is 2.19. The Balaban J connectivity index is 0. The van der Waals surface area contributed by atoms with Gasteiger partial charge in [-0.25, -0.2) is 0 Å². The highest BCUT2D eigenvalue weighted by atomic mass is 16.3. The molecule has 1 aliphatic heterocycles. The molecule has 0 aromatic heterocycles. The first-order valence-electron chi connectivity index (χ1n) is 6.90. The van der Waals surface area contributed by atoms with Crippen molar-refractivity contribution in [2.75, 3.05) is 13.2 Å². The van der Waals surface area contributed by atoms with Crippen molar-refractivity contribution in [1.82, 2.24) is 4.90 Å². The van der Waals surface area contributed by atoms with Crippen molar-refractivity contribution in [3.8, 4) is 0 Å². The van der Waals surface area contributed by atoms with Gasteiger partial charge in [0, 0.05) is 25.3 Å². The molecule has 0 aromatic carbocycles. The summed E-state index contributed by atoms with van der Waals surface area (Å²) < 4.78 is 0. The van der Waals surface area contributed by atoms with E-state index in [4.69, 9.17) is 5.11 Å². The Hall–Kier alpha value is -1.16. The molecule has 4 nitrogen and oxygen atoms in total. The van der Waals surface area contributed by atoms with Crippen LogP contribution in [0.3, 0.4) is 0 Å². The predicted molar refractivity (Wildman–Crippen MR) is 74.1 cm³/mol. The van der Waals surface area contributed by atoms with Gasteiger partial charge in [0.1, 0.15) is 0 Å². The predicted octanol–water partition coefficient (Wildman–Crippen LogP) is 2.52. The van der Waals surface area contributed by atoms with Gasteiger partial charge < -0.3 is 5.11 Å². The Kier molecular flexibility index (Phi) is 14.8. The van der Waals surface area contributed by atoms with E-state index < -0.39 is 0 Å². The number of unbranched alkanes of at least 4 members (excludes halogenated alkanes) is 3. The molecule has 1 N–H and O–H groups in total. The van der Waals surface area contributed by atoms with E-state index in [1.54, 1.807) is 0 Å². The summed E-state index contributed by atoms with van der Waals surface area (Å²) in [5, 5.41) is 8.53. The molecule has 18 heavy (non-hydrogen) atoms. The average Bonchev–Trinajstić information content (AvgIpc) is 2.74. The first-order valence-corrected chi connectivity index (χ1v) is 6.90. The number of amides is 2. The van der Waals surface area contributed by atoms with Gasteiger partial charge in [-0.2, -0.15) is 0 Å². The quantitative estimate of drug-likeness (QED) is 0.587. The highest BCUT2D eigenvalue weighted by Crippen LogP contribution is 2.07. The van der Waals surface area contributed by atoms with Gasteiger partial charge in [0.25, 0.3) is 11.8 Å². The Bertz CT molecular complexity index is 231. The van der Waals surface area contributed by atoms with Crippen LogP contribution < -0.4 is 0 Å². The van der Waals surface area contributed by atoms with Gasteiger partial charge in [0.2, 0.25) is 0 Å². The lowest BCUT2D eigenvalue weighted by Gasteiger charge is -2.12. The molecule has 0 spiro atoms. The molecule has 0 radical (unpaired) electrons. The largest absolute Gasteiger partial charge is 0.396 e. The summed E-state index contributed by atoms with van der Waals surface area (Å²) in [7, 11) is 0. The monoisotopic (exact) mass is 257 g/mol. The van der Waals surface area contributed by atoms with E-state index in [0.29, 0.717) is 6.54 Å². The number of nitrogens with zero attached hydrogens (tertiary/aromatic N) is 1. The molecule has 0 saturated carbocycles. The normalized spacial score (nSPS) is 12.8. The number of rotatable bonds is 6. The van der Waals surface area contributed by atoms with Crippen molar-refractivity contribution < 1.29 is 14.7 Å². The molecular formula is C14H27NO3. The molecular weight excluding hydrogens is 230 g/mol. The minimum absolute atomic E-state index is 0.211. The third kappa shape index (κ3) is 8.01. The van der Waals surface area contributed by atoms with Crippen molar-refractivity contribution in [2.45, 2.75) is 53.4 Å². The molecule has 0 aromatic rings. The van der Waals surface area contributed by atoms with Crippen LogP contribution >= 0.6 is 0 Å². The summed E-state index contributed by atoms with van der Waals surface area (Å²) >= 11 is 0. The molecule has 2 amide bonds. The SMILES string of the molecule is CC.CC.O=C1C=CC(=O)N1CCCCCCO. The Morgan fingerprint density at radius 2 is 1.33 bits per heavy atom. The van der Waals surface area contributed by atoms with Crippen LogP contribution in [0.1, 0.15) is 53.4 Å². The van der Waals surface area contributed by atoms with Crippen LogP contribution in [-0.2, 0) is 9.59 Å². The molecule has 0 saturated heterocycles. The van der Waals surface area contributed by atoms with Crippen molar-refractivity contribution in [1.29, 1.82) is 0 Å². The zero-order valence-electron chi connectivity index (χ0n) is 12.1. The first-order chi connectivity index (χ1) is 8.75. The lowest BCUT2D eigenvalue weighted by molar-refractivity contribution is -0.136. The summed E-state index contributed by atoms with van der Waals surface area (Å²) in [5.74, 6) is -0.422. The smallest absolute Gasteiger partial charge is 0.253 e. The fourth-order valence-corrected chi connectivity index (χ4v) is 1.39. The molecule has 0 aliphatic carbocycles. The molecule has 1 aliphatic rings. The third-order valence-electron chi connectivity index (χ3n) is 2.19. The Labute approximate surface area is 111 Å². The summed E-state index contributed by atoms with van der Waals surface area (Å²) in [6, 6.07) is 0. The second-order valence-corrected chi connectivity index (χ2v) is 3.30. The molecule has 1 rings (SSSR count). The van der Waals surface area contributed by atoms with Gasteiger partial charge in [-0.1, -0.05) is 40.5 Å². The second kappa shape index (κ2) is 13.9. The number of hydrogen-bond acceptors (Lipinski definition) is 3. The molecule has 0 atom stereocenters. The lowest BCUT2D eigenvalue weighted by atomic mass is 10.2. The molecule has 0 fully saturated rings. The topological polar surface area (TPSA) is 57.6 Å². The van der Waals surface area contributed by atoms with Crippen LogP contribution in [0.2, 0.25) is 0 Å². The van der Waals surface area contributed by atoms with Gasteiger partial charge in [-0.3, -0.25) is 14.5 Å². The van der Waals surface area contributed by atoms with Gasteiger partial charge in [0.05, 0.1) is 0 Å². The maximum atomic E-state index is 11.1. The van der Waals surface area contributed by atoms with Crippen LogP contribution in [0.25, 0.3) is 0 Å². The van der Waals surface area contributed by atoms with E-state index in [2.05, 4.69) is 0 Å². The van der Waals surface area contributed by atoms with E-state index in [1.807, 2.05) is 27.7 Å². The van der Waals surface area contributed by atoms with Crippen molar-refractivity contribution in [3.63, 3.8) is 0 Å². The summed E-state index contributed by atoms with van der Waals surface area (Å²) in [5.41, 5.74) is 0. The highest BCUT2D eigenvalue weighted by Gasteiger charge is 2.21.